The Kier molecular flexibility index (Phi) is 12.5. The molecule has 0 saturated carbocycles. The van der Waals surface area contributed by atoms with E-state index in [1.54, 1.807) is 13.8 Å². The van der Waals surface area contributed by atoms with E-state index in [4.69, 9.17) is 17.2 Å². The van der Waals surface area contributed by atoms with Gasteiger partial charge in [-0.1, -0.05) is 13.8 Å². The van der Waals surface area contributed by atoms with Crippen molar-refractivity contribution in [2.75, 3.05) is 12.3 Å². The summed E-state index contributed by atoms with van der Waals surface area (Å²) >= 11 is 4.06. The summed E-state index contributed by atoms with van der Waals surface area (Å²) < 4.78 is 0. The molecule has 0 saturated heterocycles. The maximum absolute atomic E-state index is 12.7. The van der Waals surface area contributed by atoms with Crippen LogP contribution < -0.4 is 33.2 Å². The third-order valence-electron chi connectivity index (χ3n) is 4.04. The van der Waals surface area contributed by atoms with Crippen LogP contribution in [0.1, 0.15) is 33.6 Å². The van der Waals surface area contributed by atoms with E-state index in [9.17, 15) is 24.3 Å². The summed E-state index contributed by atoms with van der Waals surface area (Å²) in [5.74, 6) is -3.61. The maximum atomic E-state index is 12.7. The number of amides is 3. The average molecular weight is 448 g/mol. The molecular formula is C17H33N7O5S. The molecule has 30 heavy (non-hydrogen) atoms. The summed E-state index contributed by atoms with van der Waals surface area (Å²) in [5, 5.41) is 16.6. The molecule has 0 rings (SSSR count). The van der Waals surface area contributed by atoms with Gasteiger partial charge in [-0.2, -0.15) is 12.6 Å². The van der Waals surface area contributed by atoms with Crippen molar-refractivity contribution in [3.63, 3.8) is 0 Å². The van der Waals surface area contributed by atoms with Gasteiger partial charge >= 0.3 is 5.97 Å². The van der Waals surface area contributed by atoms with Crippen molar-refractivity contribution in [3.8, 4) is 0 Å². The number of nitrogens with one attached hydrogen (secondary N) is 3. The van der Waals surface area contributed by atoms with Gasteiger partial charge in [0.25, 0.3) is 0 Å². The Labute approximate surface area is 181 Å². The fraction of sp³-hybridized carbons (Fsp3) is 0.706. The second kappa shape index (κ2) is 13.6. The molecule has 0 bridgehead atoms. The minimum absolute atomic E-state index is 0.0794. The normalized spacial score (nSPS) is 14.7. The van der Waals surface area contributed by atoms with Gasteiger partial charge in [-0.25, -0.2) is 4.79 Å². The summed E-state index contributed by atoms with van der Waals surface area (Å²) in [6.45, 7) is 4.99. The smallest absolute Gasteiger partial charge is 0.326 e. The lowest BCUT2D eigenvalue weighted by Gasteiger charge is -2.25. The van der Waals surface area contributed by atoms with E-state index in [1.807, 2.05) is 0 Å². The molecule has 172 valence electrons. The predicted molar refractivity (Wildman–Crippen MR) is 116 cm³/mol. The number of aliphatic carboxylic acids is 1. The maximum Gasteiger partial charge on any atom is 0.326 e. The van der Waals surface area contributed by atoms with E-state index in [1.165, 1.54) is 6.92 Å². The molecule has 0 aromatic rings. The summed E-state index contributed by atoms with van der Waals surface area (Å²) in [6, 6.07) is -4.06. The lowest BCUT2D eigenvalue weighted by atomic mass is 10.0. The van der Waals surface area contributed by atoms with Crippen molar-refractivity contribution < 1.29 is 24.3 Å². The van der Waals surface area contributed by atoms with E-state index in [0.717, 1.165) is 0 Å². The lowest BCUT2D eigenvalue weighted by molar-refractivity contribution is -0.143. The minimum Gasteiger partial charge on any atom is -0.480 e. The van der Waals surface area contributed by atoms with Gasteiger partial charge in [-0.15, -0.1) is 0 Å². The third kappa shape index (κ3) is 10.3. The van der Waals surface area contributed by atoms with Crippen LogP contribution in [0, 0.1) is 5.92 Å². The number of hydrogen-bond acceptors (Lipinski definition) is 7. The third-order valence-corrected chi connectivity index (χ3v) is 4.40. The molecule has 0 aliphatic carbocycles. The molecule has 0 aromatic heterocycles. The Bertz CT molecular complexity index is 638. The van der Waals surface area contributed by atoms with Crippen molar-refractivity contribution in [2.24, 2.45) is 28.1 Å². The van der Waals surface area contributed by atoms with Crippen molar-refractivity contribution in [3.05, 3.63) is 0 Å². The Morgan fingerprint density at radius 1 is 0.967 bits per heavy atom. The van der Waals surface area contributed by atoms with E-state index < -0.39 is 47.9 Å². The number of guanidine groups is 1. The SMILES string of the molecule is CC(N)C(=O)NC(CCCN=C(N)N)C(=O)NC(CS)C(=O)NC(C(=O)O)C(C)C. The van der Waals surface area contributed by atoms with Crippen molar-refractivity contribution in [1.82, 2.24) is 16.0 Å². The van der Waals surface area contributed by atoms with E-state index >= 15 is 0 Å². The molecule has 0 aliphatic rings. The second-order valence-corrected chi connectivity index (χ2v) is 7.48. The quantitative estimate of drug-likeness (QED) is 0.0652. The van der Waals surface area contributed by atoms with Crippen LogP contribution in [0.4, 0.5) is 0 Å². The zero-order valence-corrected chi connectivity index (χ0v) is 18.3. The van der Waals surface area contributed by atoms with E-state index in [2.05, 4.69) is 33.6 Å². The first-order valence-corrected chi connectivity index (χ1v) is 10.1. The molecule has 0 heterocycles. The Morgan fingerprint density at radius 2 is 1.50 bits per heavy atom. The molecule has 4 unspecified atom stereocenters. The monoisotopic (exact) mass is 447 g/mol. The van der Waals surface area contributed by atoms with Crippen LogP contribution in [0.25, 0.3) is 0 Å². The zero-order valence-electron chi connectivity index (χ0n) is 17.4. The van der Waals surface area contributed by atoms with Crippen LogP contribution in [0.15, 0.2) is 4.99 Å². The highest BCUT2D eigenvalue weighted by Crippen LogP contribution is 2.04. The summed E-state index contributed by atoms with van der Waals surface area (Å²) in [4.78, 5) is 52.1. The Hall–Kier alpha value is -2.54. The van der Waals surface area contributed by atoms with Crippen molar-refractivity contribution >= 4 is 42.3 Å². The van der Waals surface area contributed by atoms with Gasteiger partial charge < -0.3 is 38.3 Å². The number of thiol groups is 1. The van der Waals surface area contributed by atoms with Crippen LogP contribution >= 0.6 is 12.6 Å². The number of rotatable bonds is 13. The van der Waals surface area contributed by atoms with Crippen molar-refractivity contribution in [1.29, 1.82) is 0 Å². The molecule has 0 aliphatic heterocycles. The van der Waals surface area contributed by atoms with Gasteiger partial charge in [-0.3, -0.25) is 19.4 Å². The first kappa shape index (κ1) is 27.5. The molecule has 0 radical (unpaired) electrons. The molecular weight excluding hydrogens is 414 g/mol. The van der Waals surface area contributed by atoms with Crippen LogP contribution in [0.5, 0.6) is 0 Å². The Balaban J connectivity index is 5.19. The molecule has 12 nitrogen and oxygen atoms in total. The van der Waals surface area contributed by atoms with Crippen LogP contribution in [-0.2, 0) is 19.2 Å². The van der Waals surface area contributed by atoms with E-state index in [0.29, 0.717) is 6.42 Å². The average Bonchev–Trinajstić information content (AvgIpc) is 2.64. The molecule has 0 aromatic carbocycles. The largest absolute Gasteiger partial charge is 0.480 e. The number of nitrogens with two attached hydrogens (primary N) is 3. The van der Waals surface area contributed by atoms with Gasteiger partial charge in [0.05, 0.1) is 6.04 Å². The summed E-state index contributed by atoms with van der Waals surface area (Å²) in [6.07, 6.45) is 0.563. The molecule has 3 amide bonds. The number of carbonyl (C=O) groups is 4. The zero-order chi connectivity index (χ0) is 23.4. The first-order valence-electron chi connectivity index (χ1n) is 9.46. The fourth-order valence-electron chi connectivity index (χ4n) is 2.31. The van der Waals surface area contributed by atoms with Crippen LogP contribution in [0.2, 0.25) is 0 Å². The van der Waals surface area contributed by atoms with Gasteiger partial charge in [0, 0.05) is 12.3 Å². The number of aliphatic imine (C=N–C) groups is 1. The highest BCUT2D eigenvalue weighted by molar-refractivity contribution is 7.80. The fourth-order valence-corrected chi connectivity index (χ4v) is 2.57. The molecule has 13 heteroatoms. The lowest BCUT2D eigenvalue weighted by Crippen LogP contribution is -2.58. The number of hydrogen-bond donors (Lipinski definition) is 8. The molecule has 10 N–H and O–H groups in total. The van der Waals surface area contributed by atoms with Crippen LogP contribution in [-0.4, -0.2) is 71.2 Å². The predicted octanol–water partition coefficient (Wildman–Crippen LogP) is -2.49. The van der Waals surface area contributed by atoms with E-state index in [-0.39, 0.29) is 30.6 Å². The highest BCUT2D eigenvalue weighted by atomic mass is 32.1. The summed E-state index contributed by atoms with van der Waals surface area (Å²) in [7, 11) is 0. The number of carboxylic acids is 1. The topological polar surface area (TPSA) is 215 Å². The standard InChI is InChI=1S/C17H33N7O5S/c1-8(2)12(16(28)29)24-15(27)11(7-30)23-14(26)10(22-13(25)9(3)18)5-4-6-21-17(19)20/h8-12,30H,4-7,18H2,1-3H3,(H,22,25)(H,23,26)(H,24,27)(H,28,29)(H4,19,20,21). The van der Waals surface area contributed by atoms with Crippen molar-refractivity contribution in [2.45, 2.75) is 57.8 Å². The van der Waals surface area contributed by atoms with Gasteiger partial charge in [0.2, 0.25) is 17.7 Å². The minimum atomic E-state index is -1.19. The van der Waals surface area contributed by atoms with Gasteiger partial charge in [0.15, 0.2) is 5.96 Å². The summed E-state index contributed by atoms with van der Waals surface area (Å²) in [5.41, 5.74) is 16.0. The second-order valence-electron chi connectivity index (χ2n) is 7.11. The number of carboxylic acid groups (broad SMARTS) is 1. The molecule has 4 atom stereocenters. The molecule has 0 spiro atoms. The molecule has 0 fully saturated rings. The highest BCUT2D eigenvalue weighted by Gasteiger charge is 2.30. The first-order chi connectivity index (χ1) is 13.9. The van der Waals surface area contributed by atoms with Gasteiger partial charge in [0.1, 0.15) is 18.1 Å². The van der Waals surface area contributed by atoms with Gasteiger partial charge in [-0.05, 0) is 25.7 Å². The van der Waals surface area contributed by atoms with Crippen LogP contribution in [0.3, 0.4) is 0 Å². The Morgan fingerprint density at radius 3 is 1.93 bits per heavy atom. The number of carbonyl (C=O) groups excluding carboxylic acids is 3. The number of nitrogens with zero attached hydrogens (tertiary/aromatic N) is 1.